The second kappa shape index (κ2) is 9.02. The van der Waals surface area contributed by atoms with Gasteiger partial charge in [0.2, 0.25) is 0 Å². The van der Waals surface area contributed by atoms with Crippen LogP contribution >= 0.6 is 0 Å². The summed E-state index contributed by atoms with van der Waals surface area (Å²) in [6, 6.07) is 13.7. The molecule has 142 valence electrons. The lowest BCUT2D eigenvalue weighted by atomic mass is 10.2. The molecule has 27 heavy (non-hydrogen) atoms. The predicted molar refractivity (Wildman–Crippen MR) is 104 cm³/mol. The van der Waals surface area contributed by atoms with Crippen LogP contribution in [-0.2, 0) is 4.79 Å². The van der Waals surface area contributed by atoms with E-state index in [2.05, 4.69) is 10.2 Å². The highest BCUT2D eigenvalue weighted by atomic mass is 16.6. The van der Waals surface area contributed by atoms with Gasteiger partial charge in [-0.05, 0) is 31.0 Å². The van der Waals surface area contributed by atoms with Crippen molar-refractivity contribution in [1.29, 1.82) is 0 Å². The Kier molecular flexibility index (Phi) is 6.25. The molecular weight excluding hydrogens is 346 g/mol. The molecule has 7 nitrogen and oxygen atoms in total. The number of amides is 1. The first kappa shape index (κ1) is 18.7. The highest BCUT2D eigenvalue weighted by Gasteiger charge is 2.17. The van der Waals surface area contributed by atoms with Gasteiger partial charge in [-0.25, -0.2) is 0 Å². The number of anilines is 2. The van der Waals surface area contributed by atoms with Gasteiger partial charge in [-0.1, -0.05) is 37.1 Å². The second-order valence-corrected chi connectivity index (χ2v) is 6.48. The zero-order valence-corrected chi connectivity index (χ0v) is 15.1. The van der Waals surface area contributed by atoms with E-state index in [-0.39, 0.29) is 24.0 Å². The number of para-hydroxylation sites is 4. The van der Waals surface area contributed by atoms with Gasteiger partial charge in [0.1, 0.15) is 0 Å². The van der Waals surface area contributed by atoms with Crippen LogP contribution in [0.1, 0.15) is 25.7 Å². The van der Waals surface area contributed by atoms with Crippen molar-refractivity contribution in [1.82, 2.24) is 0 Å². The summed E-state index contributed by atoms with van der Waals surface area (Å²) in [6.45, 7) is 1.65. The monoisotopic (exact) mass is 369 g/mol. The summed E-state index contributed by atoms with van der Waals surface area (Å²) in [7, 11) is 0. The van der Waals surface area contributed by atoms with Crippen LogP contribution in [0.3, 0.4) is 0 Å². The molecule has 0 radical (unpaired) electrons. The third kappa shape index (κ3) is 4.97. The molecular formula is C20H23N3O4. The molecule has 2 aromatic rings. The number of benzene rings is 2. The number of nitrogens with one attached hydrogen (secondary N) is 1. The average molecular weight is 369 g/mol. The standard InChI is InChI=1S/C20H23N3O4/c24-20(15-27-19-12-6-5-11-18(19)23(25)26)21-16-9-3-4-10-17(16)22-13-7-1-2-8-14-22/h3-6,9-12H,1-2,7-8,13-15H2,(H,21,24). The van der Waals surface area contributed by atoms with E-state index < -0.39 is 4.92 Å². The molecule has 0 aliphatic carbocycles. The Bertz CT molecular complexity index is 801. The number of hydrogen-bond donors (Lipinski definition) is 1. The lowest BCUT2D eigenvalue weighted by Gasteiger charge is -2.25. The smallest absolute Gasteiger partial charge is 0.310 e. The molecule has 1 amide bonds. The largest absolute Gasteiger partial charge is 0.477 e. The van der Waals surface area contributed by atoms with Crippen LogP contribution in [0.15, 0.2) is 48.5 Å². The molecule has 0 unspecified atom stereocenters. The van der Waals surface area contributed by atoms with Crippen molar-refractivity contribution in [3.63, 3.8) is 0 Å². The Hall–Kier alpha value is -3.09. The fourth-order valence-electron chi connectivity index (χ4n) is 3.23. The van der Waals surface area contributed by atoms with Crippen molar-refractivity contribution in [2.75, 3.05) is 29.9 Å². The molecule has 3 rings (SSSR count). The van der Waals surface area contributed by atoms with Gasteiger partial charge in [0.25, 0.3) is 5.91 Å². The van der Waals surface area contributed by atoms with Crippen LogP contribution in [0.4, 0.5) is 17.1 Å². The van der Waals surface area contributed by atoms with Gasteiger partial charge in [0.05, 0.1) is 16.3 Å². The van der Waals surface area contributed by atoms with Gasteiger partial charge < -0.3 is 15.0 Å². The molecule has 7 heteroatoms. The van der Waals surface area contributed by atoms with Crippen molar-refractivity contribution in [3.8, 4) is 5.75 Å². The number of hydrogen-bond acceptors (Lipinski definition) is 5. The van der Waals surface area contributed by atoms with Crippen LogP contribution in [0, 0.1) is 10.1 Å². The van der Waals surface area contributed by atoms with E-state index in [1.807, 2.05) is 24.3 Å². The minimum atomic E-state index is -0.526. The second-order valence-electron chi connectivity index (χ2n) is 6.48. The van der Waals surface area contributed by atoms with Crippen LogP contribution < -0.4 is 15.0 Å². The Morgan fingerprint density at radius 1 is 1.04 bits per heavy atom. The first-order valence-electron chi connectivity index (χ1n) is 9.15. The van der Waals surface area contributed by atoms with Gasteiger partial charge in [-0.15, -0.1) is 0 Å². The number of carbonyl (C=O) groups is 1. The summed E-state index contributed by atoms with van der Waals surface area (Å²) in [5.74, 6) is -0.270. The molecule has 1 fully saturated rings. The minimum Gasteiger partial charge on any atom is -0.477 e. The molecule has 1 N–H and O–H groups in total. The third-order valence-electron chi connectivity index (χ3n) is 4.55. The van der Waals surface area contributed by atoms with E-state index in [4.69, 9.17) is 4.74 Å². The molecule has 0 saturated carbocycles. The van der Waals surface area contributed by atoms with Crippen molar-refractivity contribution in [2.45, 2.75) is 25.7 Å². The van der Waals surface area contributed by atoms with Crippen molar-refractivity contribution < 1.29 is 14.5 Å². The molecule has 1 heterocycles. The van der Waals surface area contributed by atoms with Gasteiger partial charge in [-0.3, -0.25) is 14.9 Å². The highest BCUT2D eigenvalue weighted by Crippen LogP contribution is 2.28. The maximum absolute atomic E-state index is 12.3. The van der Waals surface area contributed by atoms with E-state index >= 15 is 0 Å². The summed E-state index contributed by atoms with van der Waals surface area (Å²) in [5, 5.41) is 13.9. The SMILES string of the molecule is O=C(COc1ccccc1[N+](=O)[O-])Nc1ccccc1N1CCCCCC1. The zero-order valence-electron chi connectivity index (χ0n) is 15.1. The predicted octanol–water partition coefficient (Wildman–Crippen LogP) is 3.99. The molecule has 0 atom stereocenters. The first-order chi connectivity index (χ1) is 13.1. The van der Waals surface area contributed by atoms with Gasteiger partial charge in [-0.2, -0.15) is 0 Å². The summed E-state index contributed by atoms with van der Waals surface area (Å²) in [4.78, 5) is 25.1. The van der Waals surface area contributed by atoms with Crippen molar-refractivity contribution in [2.24, 2.45) is 0 Å². The molecule has 0 bridgehead atoms. The summed E-state index contributed by atoms with van der Waals surface area (Å²) in [5.41, 5.74) is 1.57. The van der Waals surface area contributed by atoms with E-state index in [0.717, 1.165) is 37.3 Å². The third-order valence-corrected chi connectivity index (χ3v) is 4.55. The minimum absolute atomic E-state index is 0.0819. The topological polar surface area (TPSA) is 84.7 Å². The van der Waals surface area contributed by atoms with Gasteiger partial charge >= 0.3 is 5.69 Å². The quantitative estimate of drug-likeness (QED) is 0.615. The van der Waals surface area contributed by atoms with E-state index in [9.17, 15) is 14.9 Å². The van der Waals surface area contributed by atoms with Gasteiger partial charge in [0, 0.05) is 19.2 Å². The Balaban J connectivity index is 1.66. The molecule has 2 aromatic carbocycles. The maximum Gasteiger partial charge on any atom is 0.310 e. The van der Waals surface area contributed by atoms with E-state index in [1.165, 1.54) is 25.0 Å². The number of rotatable bonds is 6. The number of ether oxygens (including phenoxy) is 1. The fourth-order valence-corrected chi connectivity index (χ4v) is 3.23. The van der Waals surface area contributed by atoms with Crippen LogP contribution in [0.25, 0.3) is 0 Å². The Morgan fingerprint density at radius 3 is 2.44 bits per heavy atom. The lowest BCUT2D eigenvalue weighted by molar-refractivity contribution is -0.385. The summed E-state index contributed by atoms with van der Waals surface area (Å²) in [6.07, 6.45) is 4.75. The number of nitro groups is 1. The normalized spacial score (nSPS) is 14.3. The molecule has 0 spiro atoms. The Morgan fingerprint density at radius 2 is 1.70 bits per heavy atom. The maximum atomic E-state index is 12.3. The molecule has 0 aromatic heterocycles. The fraction of sp³-hybridized carbons (Fsp3) is 0.350. The van der Waals surface area contributed by atoms with Crippen LogP contribution in [-0.4, -0.2) is 30.5 Å². The van der Waals surface area contributed by atoms with Gasteiger partial charge in [0.15, 0.2) is 12.4 Å². The van der Waals surface area contributed by atoms with Crippen LogP contribution in [0.2, 0.25) is 0 Å². The number of nitro benzene ring substituents is 1. The highest BCUT2D eigenvalue weighted by molar-refractivity contribution is 5.95. The molecule has 1 aliphatic heterocycles. The summed E-state index contributed by atoms with van der Waals surface area (Å²) < 4.78 is 5.37. The zero-order chi connectivity index (χ0) is 19.1. The van der Waals surface area contributed by atoms with Crippen molar-refractivity contribution >= 4 is 23.0 Å². The van der Waals surface area contributed by atoms with Crippen molar-refractivity contribution in [3.05, 3.63) is 58.6 Å². The number of carbonyl (C=O) groups excluding carboxylic acids is 1. The average Bonchev–Trinajstić information content (AvgIpc) is 2.96. The van der Waals surface area contributed by atoms with Crippen LogP contribution in [0.5, 0.6) is 5.75 Å². The van der Waals surface area contributed by atoms with E-state index in [1.54, 1.807) is 12.1 Å². The molecule has 1 saturated heterocycles. The first-order valence-corrected chi connectivity index (χ1v) is 9.15. The summed E-state index contributed by atoms with van der Waals surface area (Å²) >= 11 is 0. The Labute approximate surface area is 158 Å². The molecule has 1 aliphatic rings. The number of nitrogens with zero attached hydrogens (tertiary/aromatic N) is 2. The lowest BCUT2D eigenvalue weighted by Crippen LogP contribution is -2.27. The van der Waals surface area contributed by atoms with E-state index in [0.29, 0.717) is 0 Å².